The van der Waals surface area contributed by atoms with Gasteiger partial charge in [-0.05, 0) is 44.7 Å². The topological polar surface area (TPSA) is 91.0 Å². The number of aromatic carboxylic acids is 1. The van der Waals surface area contributed by atoms with Gasteiger partial charge in [0, 0.05) is 0 Å². The molecule has 0 aromatic heterocycles. The van der Waals surface area contributed by atoms with Crippen LogP contribution in [-0.2, 0) is 9.88 Å². The zero-order valence-corrected chi connectivity index (χ0v) is 13.0. The fraction of sp³-hybridized carbons (Fsp3) is 0.118. The fourth-order valence-corrected chi connectivity index (χ4v) is 1.59. The molecule has 2 aromatic carbocycles. The van der Waals surface area contributed by atoms with Gasteiger partial charge in [0.05, 0.1) is 5.56 Å². The molecule has 6 nitrogen and oxygen atoms in total. The van der Waals surface area contributed by atoms with Crippen molar-refractivity contribution < 1.29 is 24.5 Å². The Morgan fingerprint density at radius 3 is 2.22 bits per heavy atom. The Kier molecular flexibility index (Phi) is 7.32. The Bertz CT molecular complexity index is 652. The summed E-state index contributed by atoms with van der Waals surface area (Å²) < 4.78 is 5.09. The predicted octanol–water partition coefficient (Wildman–Crippen LogP) is 3.36. The van der Waals surface area contributed by atoms with E-state index in [4.69, 9.17) is 9.84 Å². The van der Waals surface area contributed by atoms with Gasteiger partial charge < -0.3 is 9.84 Å². The monoisotopic (exact) mass is 317 g/mol. The highest BCUT2D eigenvalue weighted by atomic mass is 17.3. The Morgan fingerprint density at radius 2 is 1.74 bits per heavy atom. The second-order valence-corrected chi connectivity index (χ2v) is 4.64. The molecular weight excluding hydrogens is 298 g/mol. The number of hydrogen-bond donors (Lipinski definition) is 2. The normalized spacial score (nSPS) is 9.35. The summed E-state index contributed by atoms with van der Waals surface area (Å²) in [6.07, 6.45) is 0. The van der Waals surface area contributed by atoms with E-state index in [2.05, 4.69) is 22.4 Å². The largest absolute Gasteiger partial charge is 0.478 e. The van der Waals surface area contributed by atoms with Crippen molar-refractivity contribution >= 4 is 5.97 Å². The molecule has 122 valence electrons. The lowest BCUT2D eigenvalue weighted by atomic mass is 10.1. The molecule has 0 radical (unpaired) electrons. The quantitative estimate of drug-likeness (QED) is 0.499. The van der Waals surface area contributed by atoms with Gasteiger partial charge in [0.1, 0.15) is 5.75 Å². The van der Waals surface area contributed by atoms with Crippen LogP contribution in [0.1, 0.15) is 21.5 Å². The highest BCUT2D eigenvalue weighted by Crippen LogP contribution is 2.14. The highest BCUT2D eigenvalue weighted by Gasteiger charge is 1.99. The van der Waals surface area contributed by atoms with Crippen molar-refractivity contribution in [2.24, 2.45) is 5.90 Å². The van der Waals surface area contributed by atoms with Crippen LogP contribution < -0.4 is 10.6 Å². The van der Waals surface area contributed by atoms with Gasteiger partial charge in [0.25, 0.3) is 0 Å². The smallest absolute Gasteiger partial charge is 0.335 e. The van der Waals surface area contributed by atoms with E-state index in [0.717, 1.165) is 11.1 Å². The summed E-state index contributed by atoms with van der Waals surface area (Å²) in [6.45, 7) is 7.26. The molecule has 3 N–H and O–H groups in total. The summed E-state index contributed by atoms with van der Waals surface area (Å²) in [5.74, 6) is 4.38. The molecule has 0 atom stereocenters. The minimum Gasteiger partial charge on any atom is -0.478 e. The summed E-state index contributed by atoms with van der Waals surface area (Å²) in [5.41, 5.74) is 2.47. The van der Waals surface area contributed by atoms with E-state index in [1.807, 2.05) is 32.0 Å². The van der Waals surface area contributed by atoms with Gasteiger partial charge in [-0.2, -0.15) is 5.90 Å². The molecular formula is C17H19NO5. The Hall–Kier alpha value is -2.83. The third-order valence-electron chi connectivity index (χ3n) is 2.66. The molecule has 2 aromatic rings. The van der Waals surface area contributed by atoms with Gasteiger partial charge >= 0.3 is 11.9 Å². The molecule has 2 rings (SSSR count). The second kappa shape index (κ2) is 9.24. The van der Waals surface area contributed by atoms with Crippen LogP contribution in [0.2, 0.25) is 0 Å². The first-order valence-electron chi connectivity index (χ1n) is 6.69. The van der Waals surface area contributed by atoms with E-state index in [1.54, 1.807) is 30.3 Å². The zero-order chi connectivity index (χ0) is 17.2. The molecule has 23 heavy (non-hydrogen) atoms. The van der Waals surface area contributed by atoms with Gasteiger partial charge in [0.15, 0.2) is 0 Å². The fourth-order valence-electron chi connectivity index (χ4n) is 1.59. The number of nitrogens with two attached hydrogens (primary N) is 1. The van der Waals surface area contributed by atoms with E-state index in [9.17, 15) is 4.79 Å². The molecule has 0 fully saturated rings. The van der Waals surface area contributed by atoms with Crippen molar-refractivity contribution in [1.29, 1.82) is 0 Å². The third-order valence-corrected chi connectivity index (χ3v) is 2.66. The number of benzene rings is 2. The molecule has 0 aliphatic rings. The summed E-state index contributed by atoms with van der Waals surface area (Å²) >= 11 is 0. The number of aryl methyl sites for hydroxylation is 2. The maximum absolute atomic E-state index is 10.4. The molecule has 0 aliphatic carbocycles. The molecule has 0 aliphatic heterocycles. The van der Waals surface area contributed by atoms with Gasteiger partial charge in [-0.3, -0.25) is 4.89 Å². The Balaban J connectivity index is 0.000000238. The number of ether oxygens (including phenoxy) is 1. The Labute approximate surface area is 134 Å². The third kappa shape index (κ3) is 7.12. The number of carboxylic acids is 1. The summed E-state index contributed by atoms with van der Waals surface area (Å²) in [4.78, 5) is 18.6. The van der Waals surface area contributed by atoms with E-state index in [-0.39, 0.29) is 5.95 Å². The lowest BCUT2D eigenvalue weighted by Gasteiger charge is -2.05. The van der Waals surface area contributed by atoms with Gasteiger partial charge in [0.2, 0.25) is 0 Å². The van der Waals surface area contributed by atoms with Crippen molar-refractivity contribution in [2.45, 2.75) is 13.8 Å². The first-order valence-corrected chi connectivity index (χ1v) is 6.69. The van der Waals surface area contributed by atoms with Crippen molar-refractivity contribution in [2.75, 3.05) is 0 Å². The van der Waals surface area contributed by atoms with Crippen LogP contribution in [0, 0.1) is 13.8 Å². The molecule has 0 bridgehead atoms. The average molecular weight is 317 g/mol. The van der Waals surface area contributed by atoms with Crippen molar-refractivity contribution in [1.82, 2.24) is 0 Å². The van der Waals surface area contributed by atoms with Crippen LogP contribution in [0.15, 0.2) is 61.1 Å². The van der Waals surface area contributed by atoms with Crippen LogP contribution in [0.5, 0.6) is 5.75 Å². The number of hydrogen-bond acceptors (Lipinski definition) is 5. The van der Waals surface area contributed by atoms with Gasteiger partial charge in [-0.15, -0.1) is 0 Å². The van der Waals surface area contributed by atoms with E-state index in [0.29, 0.717) is 11.3 Å². The minimum absolute atomic E-state index is 0.00801. The van der Waals surface area contributed by atoms with Gasteiger partial charge in [-0.25, -0.2) is 4.79 Å². The molecule has 0 saturated heterocycles. The van der Waals surface area contributed by atoms with Crippen molar-refractivity contribution in [3.8, 4) is 5.75 Å². The van der Waals surface area contributed by atoms with Crippen LogP contribution in [0.25, 0.3) is 0 Å². The molecule has 0 heterocycles. The van der Waals surface area contributed by atoms with Crippen LogP contribution in [-0.4, -0.2) is 11.1 Å². The van der Waals surface area contributed by atoms with E-state index in [1.165, 1.54) is 0 Å². The molecule has 0 spiro atoms. The molecule has 6 heteroatoms. The minimum atomic E-state index is -0.872. The molecule has 0 amide bonds. The van der Waals surface area contributed by atoms with Crippen molar-refractivity contribution in [3.05, 3.63) is 77.7 Å². The SMILES string of the molecule is C=C(OON)Oc1ccc(C)cc1.Cc1cccc(C(=O)O)c1. The van der Waals surface area contributed by atoms with Crippen molar-refractivity contribution in [3.63, 3.8) is 0 Å². The summed E-state index contributed by atoms with van der Waals surface area (Å²) in [5, 5.41) is 8.51. The van der Waals surface area contributed by atoms with Crippen LogP contribution in [0.3, 0.4) is 0 Å². The second-order valence-electron chi connectivity index (χ2n) is 4.64. The van der Waals surface area contributed by atoms with Crippen LogP contribution >= 0.6 is 0 Å². The maximum atomic E-state index is 10.4. The van der Waals surface area contributed by atoms with Crippen LogP contribution in [0.4, 0.5) is 0 Å². The maximum Gasteiger partial charge on any atom is 0.335 e. The lowest BCUT2D eigenvalue weighted by molar-refractivity contribution is -0.287. The number of carboxylic acid groups (broad SMARTS) is 1. The number of carbonyl (C=O) groups is 1. The molecule has 0 unspecified atom stereocenters. The average Bonchev–Trinajstić information content (AvgIpc) is 2.50. The summed E-state index contributed by atoms with van der Waals surface area (Å²) in [7, 11) is 0. The predicted molar refractivity (Wildman–Crippen MR) is 85.4 cm³/mol. The van der Waals surface area contributed by atoms with E-state index < -0.39 is 5.97 Å². The summed E-state index contributed by atoms with van der Waals surface area (Å²) in [6, 6.07) is 14.2. The Morgan fingerprint density at radius 1 is 1.09 bits per heavy atom. The van der Waals surface area contributed by atoms with E-state index >= 15 is 0 Å². The first kappa shape index (κ1) is 18.2. The lowest BCUT2D eigenvalue weighted by Crippen LogP contribution is -2.04. The standard InChI is InChI=1S/C9H11NO3.C8H8O2/c1-7-3-5-9(6-4-7)11-8(2)12-13-10;1-6-3-2-4-7(5-6)8(9)10/h3-6H,2,10H2,1H3;2-5H,1H3,(H,9,10). The molecule has 0 saturated carbocycles. The zero-order valence-electron chi connectivity index (χ0n) is 13.0. The first-order chi connectivity index (χ1) is 10.9. The van der Waals surface area contributed by atoms with Gasteiger partial charge in [-0.1, -0.05) is 40.4 Å². The number of rotatable bonds is 5. The highest BCUT2D eigenvalue weighted by molar-refractivity contribution is 5.87.